The molecule has 0 aromatic rings. The van der Waals surface area contributed by atoms with Crippen LogP contribution < -0.4 is 5.73 Å². The van der Waals surface area contributed by atoms with Gasteiger partial charge in [0.1, 0.15) is 5.60 Å². The lowest BCUT2D eigenvalue weighted by Crippen LogP contribution is -2.41. The highest BCUT2D eigenvalue weighted by atomic mass is 16.6. The summed E-state index contributed by atoms with van der Waals surface area (Å²) >= 11 is 0. The van der Waals surface area contributed by atoms with Crippen molar-refractivity contribution in [1.82, 2.24) is 4.90 Å². The predicted molar refractivity (Wildman–Crippen MR) is 68.7 cm³/mol. The second kappa shape index (κ2) is 4.84. The first-order valence-corrected chi connectivity index (χ1v) is 6.38. The molecule has 0 radical (unpaired) electrons. The van der Waals surface area contributed by atoms with Gasteiger partial charge in [0.05, 0.1) is 0 Å². The maximum Gasteiger partial charge on any atom is 0.410 e. The van der Waals surface area contributed by atoms with Crippen molar-refractivity contribution in [2.75, 3.05) is 19.6 Å². The Morgan fingerprint density at radius 2 is 2.06 bits per heavy atom. The number of hydrogen-bond acceptors (Lipinski definition) is 3. The lowest BCUT2D eigenvalue weighted by atomic mass is 9.76. The first kappa shape index (κ1) is 14.3. The van der Waals surface area contributed by atoms with Gasteiger partial charge < -0.3 is 15.4 Å². The summed E-state index contributed by atoms with van der Waals surface area (Å²) in [5.74, 6) is 0.486. The van der Waals surface area contributed by atoms with Crippen LogP contribution in [0, 0.1) is 11.3 Å². The van der Waals surface area contributed by atoms with E-state index in [-0.39, 0.29) is 11.5 Å². The molecule has 4 nitrogen and oxygen atoms in total. The van der Waals surface area contributed by atoms with Crippen LogP contribution in [0.4, 0.5) is 4.79 Å². The summed E-state index contributed by atoms with van der Waals surface area (Å²) in [6.07, 6.45) is 0.758. The summed E-state index contributed by atoms with van der Waals surface area (Å²) in [7, 11) is 0. The van der Waals surface area contributed by atoms with Crippen LogP contribution in [0.2, 0.25) is 0 Å². The summed E-state index contributed by atoms with van der Waals surface area (Å²) in [5, 5.41) is 0. The molecule has 0 bridgehead atoms. The molecule has 1 aliphatic heterocycles. The van der Waals surface area contributed by atoms with Gasteiger partial charge in [0.25, 0.3) is 0 Å². The van der Waals surface area contributed by atoms with Crippen LogP contribution in [0.15, 0.2) is 0 Å². The molecule has 1 atom stereocenters. The van der Waals surface area contributed by atoms with E-state index in [0.717, 1.165) is 19.5 Å². The molecule has 17 heavy (non-hydrogen) atoms. The van der Waals surface area contributed by atoms with Gasteiger partial charge in [-0.1, -0.05) is 13.8 Å². The SMILES string of the molecule is CC(C)C1(CN)CCN(C(=O)OC(C)(C)C)C1. The number of nitrogens with zero attached hydrogens (tertiary/aromatic N) is 1. The largest absolute Gasteiger partial charge is 0.444 e. The molecule has 0 aromatic heterocycles. The van der Waals surface area contributed by atoms with E-state index in [9.17, 15) is 4.79 Å². The zero-order valence-electron chi connectivity index (χ0n) is 11.7. The Morgan fingerprint density at radius 1 is 1.47 bits per heavy atom. The fraction of sp³-hybridized carbons (Fsp3) is 0.923. The third-order valence-electron chi connectivity index (χ3n) is 3.67. The minimum absolute atomic E-state index is 0.0664. The van der Waals surface area contributed by atoms with Gasteiger partial charge in [0.2, 0.25) is 0 Å². The van der Waals surface area contributed by atoms with Crippen molar-refractivity contribution in [3.8, 4) is 0 Å². The van der Waals surface area contributed by atoms with E-state index in [1.165, 1.54) is 0 Å². The van der Waals surface area contributed by atoms with Crippen LogP contribution in [0.5, 0.6) is 0 Å². The van der Waals surface area contributed by atoms with Crippen LogP contribution in [-0.2, 0) is 4.74 Å². The van der Waals surface area contributed by atoms with Crippen LogP contribution in [-0.4, -0.2) is 36.2 Å². The molecular weight excluding hydrogens is 216 g/mol. The Hall–Kier alpha value is -0.770. The van der Waals surface area contributed by atoms with Gasteiger partial charge in [-0.2, -0.15) is 0 Å². The van der Waals surface area contributed by atoms with E-state index in [0.29, 0.717) is 12.5 Å². The number of nitrogens with two attached hydrogens (primary N) is 1. The van der Waals surface area contributed by atoms with Crippen molar-refractivity contribution in [3.05, 3.63) is 0 Å². The standard InChI is InChI=1S/C13H26N2O2/c1-10(2)13(8-14)6-7-15(9-13)11(16)17-12(3,4)5/h10H,6-9,14H2,1-5H3. The van der Waals surface area contributed by atoms with Crippen LogP contribution in [0.3, 0.4) is 0 Å². The van der Waals surface area contributed by atoms with Crippen LogP contribution in [0.1, 0.15) is 41.0 Å². The van der Waals surface area contributed by atoms with Crippen LogP contribution >= 0.6 is 0 Å². The smallest absolute Gasteiger partial charge is 0.410 e. The molecule has 2 N–H and O–H groups in total. The molecule has 1 unspecified atom stereocenters. The summed E-state index contributed by atoms with van der Waals surface area (Å²) in [4.78, 5) is 13.7. The number of ether oxygens (including phenoxy) is 1. The maximum absolute atomic E-state index is 12.0. The zero-order chi connectivity index (χ0) is 13.3. The number of hydrogen-bond donors (Lipinski definition) is 1. The molecule has 4 heteroatoms. The van der Waals surface area contributed by atoms with Crippen molar-refractivity contribution in [2.45, 2.75) is 46.6 Å². The monoisotopic (exact) mass is 242 g/mol. The van der Waals surface area contributed by atoms with E-state index in [4.69, 9.17) is 10.5 Å². The molecule has 1 saturated heterocycles. The molecule has 1 fully saturated rings. The summed E-state index contributed by atoms with van der Waals surface area (Å²) in [6, 6.07) is 0. The van der Waals surface area contributed by atoms with E-state index < -0.39 is 5.60 Å². The number of likely N-dealkylation sites (tertiary alicyclic amines) is 1. The second-order valence-corrected chi connectivity index (χ2v) is 6.37. The van der Waals surface area contributed by atoms with E-state index in [1.54, 1.807) is 4.90 Å². The van der Waals surface area contributed by atoms with Crippen molar-refractivity contribution in [2.24, 2.45) is 17.1 Å². The number of amides is 1. The minimum Gasteiger partial charge on any atom is -0.444 e. The van der Waals surface area contributed by atoms with Gasteiger partial charge in [-0.15, -0.1) is 0 Å². The summed E-state index contributed by atoms with van der Waals surface area (Å²) in [6.45, 7) is 12.1. The molecule has 1 heterocycles. The fourth-order valence-corrected chi connectivity index (χ4v) is 2.25. The molecule has 0 saturated carbocycles. The molecule has 1 amide bonds. The average Bonchev–Trinajstić information content (AvgIpc) is 2.60. The van der Waals surface area contributed by atoms with E-state index >= 15 is 0 Å². The summed E-state index contributed by atoms with van der Waals surface area (Å²) < 4.78 is 5.39. The fourth-order valence-electron chi connectivity index (χ4n) is 2.25. The van der Waals surface area contributed by atoms with Crippen molar-refractivity contribution >= 4 is 6.09 Å². The Balaban J connectivity index is 2.64. The molecule has 100 valence electrons. The molecule has 1 rings (SSSR count). The van der Waals surface area contributed by atoms with Gasteiger partial charge in [-0.05, 0) is 39.7 Å². The van der Waals surface area contributed by atoms with Crippen molar-refractivity contribution in [1.29, 1.82) is 0 Å². The molecule has 1 aliphatic rings. The van der Waals surface area contributed by atoms with Crippen molar-refractivity contribution < 1.29 is 9.53 Å². The molecular formula is C13H26N2O2. The topological polar surface area (TPSA) is 55.6 Å². The molecule has 0 aliphatic carbocycles. The Kier molecular flexibility index (Phi) is 4.07. The summed E-state index contributed by atoms with van der Waals surface area (Å²) in [5.41, 5.74) is 5.52. The zero-order valence-corrected chi connectivity index (χ0v) is 11.7. The predicted octanol–water partition coefficient (Wildman–Crippen LogP) is 2.23. The highest BCUT2D eigenvalue weighted by molar-refractivity contribution is 5.68. The van der Waals surface area contributed by atoms with E-state index in [2.05, 4.69) is 13.8 Å². The first-order valence-electron chi connectivity index (χ1n) is 6.38. The Labute approximate surface area is 104 Å². The highest BCUT2D eigenvalue weighted by Crippen LogP contribution is 2.37. The lowest BCUT2D eigenvalue weighted by Gasteiger charge is -2.32. The third-order valence-corrected chi connectivity index (χ3v) is 3.67. The second-order valence-electron chi connectivity index (χ2n) is 6.37. The lowest BCUT2D eigenvalue weighted by molar-refractivity contribution is 0.0263. The van der Waals surface area contributed by atoms with Crippen LogP contribution in [0.25, 0.3) is 0 Å². The average molecular weight is 242 g/mol. The molecule has 0 spiro atoms. The van der Waals surface area contributed by atoms with Crippen molar-refractivity contribution in [3.63, 3.8) is 0 Å². The van der Waals surface area contributed by atoms with Gasteiger partial charge in [-0.3, -0.25) is 0 Å². The molecule has 0 aromatic carbocycles. The highest BCUT2D eigenvalue weighted by Gasteiger charge is 2.42. The number of carbonyl (C=O) groups excluding carboxylic acids is 1. The normalized spacial score (nSPS) is 25.5. The van der Waals surface area contributed by atoms with Gasteiger partial charge in [0, 0.05) is 18.5 Å². The minimum atomic E-state index is -0.428. The van der Waals surface area contributed by atoms with E-state index in [1.807, 2.05) is 20.8 Å². The first-order chi connectivity index (χ1) is 7.70. The van der Waals surface area contributed by atoms with Gasteiger partial charge >= 0.3 is 6.09 Å². The van der Waals surface area contributed by atoms with Gasteiger partial charge in [0.15, 0.2) is 0 Å². The maximum atomic E-state index is 12.0. The Bertz CT molecular complexity index is 284. The van der Waals surface area contributed by atoms with Gasteiger partial charge in [-0.25, -0.2) is 4.79 Å². The number of carbonyl (C=O) groups is 1. The Morgan fingerprint density at radius 3 is 2.41 bits per heavy atom. The quantitative estimate of drug-likeness (QED) is 0.808. The number of rotatable bonds is 2. The third kappa shape index (κ3) is 3.35.